The summed E-state index contributed by atoms with van der Waals surface area (Å²) in [6.07, 6.45) is 3.26. The van der Waals surface area contributed by atoms with E-state index in [1.165, 1.54) is 0 Å². The molecule has 2 aromatic rings. The van der Waals surface area contributed by atoms with Crippen molar-refractivity contribution in [1.29, 1.82) is 0 Å². The minimum atomic E-state index is 0.337. The average molecular weight is 400 g/mol. The Bertz CT molecular complexity index is 759. The van der Waals surface area contributed by atoms with Crippen LogP contribution in [0.4, 0.5) is 0 Å². The van der Waals surface area contributed by atoms with Gasteiger partial charge in [-0.3, -0.25) is 0 Å². The van der Waals surface area contributed by atoms with Crippen LogP contribution in [0.3, 0.4) is 0 Å². The van der Waals surface area contributed by atoms with E-state index < -0.39 is 0 Å². The number of methoxy groups -OCH3 is 1. The first kappa shape index (κ1) is 19.4. The van der Waals surface area contributed by atoms with Crippen LogP contribution in [0.15, 0.2) is 48.1 Å². The van der Waals surface area contributed by atoms with Crippen molar-refractivity contribution in [3.63, 3.8) is 0 Å². The van der Waals surface area contributed by atoms with E-state index in [1.807, 2.05) is 0 Å². The number of rotatable bonds is 8. The van der Waals surface area contributed by atoms with E-state index in [2.05, 4.69) is 17.1 Å². The van der Waals surface area contributed by atoms with E-state index in [-0.39, 0.29) is 0 Å². The molecule has 132 valence electrons. The molecule has 0 radical (unpaired) electrons. The van der Waals surface area contributed by atoms with Gasteiger partial charge in [0, 0.05) is 15.6 Å². The monoisotopic (exact) mass is 398 g/mol. The first-order chi connectivity index (χ1) is 12.1. The number of halogens is 3. The van der Waals surface area contributed by atoms with E-state index >= 15 is 0 Å². The van der Waals surface area contributed by atoms with Crippen LogP contribution in [-0.2, 0) is 6.54 Å². The van der Waals surface area contributed by atoms with Crippen molar-refractivity contribution < 1.29 is 9.47 Å². The van der Waals surface area contributed by atoms with Crippen LogP contribution in [0.5, 0.6) is 11.5 Å². The third-order valence-corrected chi connectivity index (χ3v) is 4.21. The molecular weight excluding hydrogens is 383 g/mol. The van der Waals surface area contributed by atoms with Crippen LogP contribution >= 0.6 is 34.8 Å². The van der Waals surface area contributed by atoms with Gasteiger partial charge < -0.3 is 14.9 Å². The van der Waals surface area contributed by atoms with E-state index in [9.17, 15) is 0 Å². The van der Waals surface area contributed by atoms with Crippen molar-refractivity contribution in [3.8, 4) is 11.5 Å². The Labute approximate surface area is 162 Å². The molecule has 0 aromatic heterocycles. The topological polar surface area (TPSA) is 42.8 Å². The van der Waals surface area contributed by atoms with Crippen LogP contribution < -0.4 is 14.9 Å². The number of hydrazone groups is 1. The Balaban J connectivity index is 2.08. The maximum atomic E-state index is 6.24. The lowest BCUT2D eigenvalue weighted by Gasteiger charge is -2.12. The fraction of sp³-hybridized carbons (Fsp3) is 0.167. The fourth-order valence-corrected chi connectivity index (χ4v) is 2.85. The molecule has 0 saturated carbocycles. The van der Waals surface area contributed by atoms with Gasteiger partial charge in [-0.2, -0.15) is 5.10 Å². The molecule has 4 nitrogen and oxygen atoms in total. The second-order valence-electron chi connectivity index (χ2n) is 4.93. The zero-order valence-corrected chi connectivity index (χ0v) is 15.8. The molecule has 1 N–H and O–H groups in total. The second kappa shape index (κ2) is 9.56. The van der Waals surface area contributed by atoms with E-state index in [4.69, 9.17) is 44.3 Å². The average Bonchev–Trinajstić information content (AvgIpc) is 2.59. The lowest BCUT2D eigenvalue weighted by atomic mass is 10.2. The zero-order chi connectivity index (χ0) is 18.2. The SMILES string of the molecule is C=CCOc1c(Cl)cc(/C=N\NCc2c(Cl)cccc2Cl)cc1OC. The summed E-state index contributed by atoms with van der Waals surface area (Å²) in [6, 6.07) is 8.86. The van der Waals surface area contributed by atoms with Gasteiger partial charge in [0.1, 0.15) is 6.61 Å². The molecule has 7 heteroatoms. The quantitative estimate of drug-likeness (QED) is 0.370. The molecule has 0 aliphatic rings. The van der Waals surface area contributed by atoms with Crippen molar-refractivity contribution in [2.45, 2.75) is 6.54 Å². The Kier molecular flexibility index (Phi) is 7.44. The molecular formula is C18H17Cl3N2O2. The minimum Gasteiger partial charge on any atom is -0.493 e. The molecule has 0 aliphatic heterocycles. The molecule has 0 heterocycles. The third kappa shape index (κ3) is 5.30. The highest BCUT2D eigenvalue weighted by atomic mass is 35.5. The second-order valence-corrected chi connectivity index (χ2v) is 6.15. The largest absolute Gasteiger partial charge is 0.493 e. The van der Waals surface area contributed by atoms with Gasteiger partial charge in [0.2, 0.25) is 0 Å². The number of hydrogen-bond donors (Lipinski definition) is 1. The Morgan fingerprint density at radius 1 is 1.16 bits per heavy atom. The molecule has 0 bridgehead atoms. The summed E-state index contributed by atoms with van der Waals surface area (Å²) in [7, 11) is 1.55. The number of nitrogens with zero attached hydrogens (tertiary/aromatic N) is 1. The minimum absolute atomic E-state index is 0.337. The maximum Gasteiger partial charge on any atom is 0.180 e. The van der Waals surface area contributed by atoms with Crippen LogP contribution in [0.2, 0.25) is 15.1 Å². The molecule has 0 unspecified atom stereocenters. The summed E-state index contributed by atoms with van der Waals surface area (Å²) in [6.45, 7) is 4.35. The number of hydrogen-bond acceptors (Lipinski definition) is 4. The highest BCUT2D eigenvalue weighted by Crippen LogP contribution is 2.36. The van der Waals surface area contributed by atoms with E-state index in [0.29, 0.717) is 39.7 Å². The van der Waals surface area contributed by atoms with Gasteiger partial charge in [-0.25, -0.2) is 0 Å². The van der Waals surface area contributed by atoms with Gasteiger partial charge >= 0.3 is 0 Å². The molecule has 0 fully saturated rings. The number of nitrogens with one attached hydrogen (secondary N) is 1. The highest BCUT2D eigenvalue weighted by Gasteiger charge is 2.11. The Hall–Kier alpha value is -1.88. The van der Waals surface area contributed by atoms with Crippen molar-refractivity contribution in [1.82, 2.24) is 5.43 Å². The highest BCUT2D eigenvalue weighted by molar-refractivity contribution is 6.36. The molecule has 0 saturated heterocycles. The molecule has 0 atom stereocenters. The summed E-state index contributed by atoms with van der Waals surface area (Å²) in [5.74, 6) is 0.988. The summed E-state index contributed by atoms with van der Waals surface area (Å²) >= 11 is 18.5. The van der Waals surface area contributed by atoms with Gasteiger partial charge in [-0.15, -0.1) is 0 Å². The Morgan fingerprint density at radius 2 is 1.88 bits per heavy atom. The summed E-state index contributed by atoms with van der Waals surface area (Å²) in [4.78, 5) is 0. The first-order valence-corrected chi connectivity index (χ1v) is 8.50. The number of ether oxygens (including phenoxy) is 2. The fourth-order valence-electron chi connectivity index (χ4n) is 2.04. The zero-order valence-electron chi connectivity index (χ0n) is 13.6. The summed E-state index contributed by atoms with van der Waals surface area (Å²) < 4.78 is 10.8. The van der Waals surface area contributed by atoms with Crippen molar-refractivity contribution >= 4 is 41.0 Å². The van der Waals surface area contributed by atoms with Crippen LogP contribution in [0.1, 0.15) is 11.1 Å². The summed E-state index contributed by atoms with van der Waals surface area (Å²) in [5, 5.41) is 5.76. The lowest BCUT2D eigenvalue weighted by Crippen LogP contribution is -2.07. The van der Waals surface area contributed by atoms with Crippen LogP contribution in [0.25, 0.3) is 0 Å². The van der Waals surface area contributed by atoms with Gasteiger partial charge in [-0.1, -0.05) is 53.5 Å². The standard InChI is InChI=1S/C18H17Cl3N2O2/c1-3-7-25-18-16(21)8-12(9-17(18)24-2)10-22-23-11-13-14(19)5-4-6-15(13)20/h3-6,8-10,23H,1,7,11H2,2H3/b22-10-. The smallest absolute Gasteiger partial charge is 0.180 e. The normalized spacial score (nSPS) is 10.7. The van der Waals surface area contributed by atoms with Gasteiger partial charge in [0.25, 0.3) is 0 Å². The third-order valence-electron chi connectivity index (χ3n) is 3.22. The Morgan fingerprint density at radius 3 is 2.52 bits per heavy atom. The van der Waals surface area contributed by atoms with Gasteiger partial charge in [-0.05, 0) is 29.8 Å². The molecule has 0 spiro atoms. The van der Waals surface area contributed by atoms with E-state index in [1.54, 1.807) is 49.7 Å². The van der Waals surface area contributed by atoms with Gasteiger partial charge in [0.15, 0.2) is 11.5 Å². The predicted molar refractivity (Wildman–Crippen MR) is 105 cm³/mol. The maximum absolute atomic E-state index is 6.24. The molecule has 2 rings (SSSR count). The molecule has 25 heavy (non-hydrogen) atoms. The van der Waals surface area contributed by atoms with Crippen molar-refractivity contribution in [3.05, 3.63) is 69.2 Å². The number of benzene rings is 2. The lowest BCUT2D eigenvalue weighted by molar-refractivity contribution is 0.326. The first-order valence-electron chi connectivity index (χ1n) is 7.36. The van der Waals surface area contributed by atoms with Crippen molar-refractivity contribution in [2.24, 2.45) is 5.10 Å². The molecule has 0 amide bonds. The van der Waals surface area contributed by atoms with Crippen LogP contribution in [-0.4, -0.2) is 19.9 Å². The van der Waals surface area contributed by atoms with Gasteiger partial charge in [0.05, 0.1) is 24.9 Å². The van der Waals surface area contributed by atoms with E-state index in [0.717, 1.165) is 11.1 Å². The molecule has 2 aromatic carbocycles. The summed E-state index contributed by atoms with van der Waals surface area (Å²) in [5.41, 5.74) is 4.45. The predicted octanol–water partition coefficient (Wildman–Crippen LogP) is 5.34. The van der Waals surface area contributed by atoms with Crippen molar-refractivity contribution in [2.75, 3.05) is 13.7 Å². The molecule has 0 aliphatic carbocycles. The van der Waals surface area contributed by atoms with Crippen LogP contribution in [0, 0.1) is 0 Å².